The van der Waals surface area contributed by atoms with Gasteiger partial charge in [-0.2, -0.15) is 0 Å². The number of rotatable bonds is 5. The third-order valence-electron chi connectivity index (χ3n) is 6.13. The second-order valence-electron chi connectivity index (χ2n) is 8.19. The number of piperazine rings is 1. The summed E-state index contributed by atoms with van der Waals surface area (Å²) in [5.41, 5.74) is 4.02. The highest BCUT2D eigenvalue weighted by atomic mass is 35.5. The van der Waals surface area contributed by atoms with Gasteiger partial charge in [-0.1, -0.05) is 48.0 Å². The van der Waals surface area contributed by atoms with Crippen molar-refractivity contribution >= 4 is 28.4 Å². The molecule has 1 fully saturated rings. The lowest BCUT2D eigenvalue weighted by molar-refractivity contribution is 0.0619. The molecule has 0 spiro atoms. The number of nitrogens with zero attached hydrogens (tertiary/aromatic N) is 4. The molecule has 3 heterocycles. The molecule has 0 aliphatic carbocycles. The van der Waals surface area contributed by atoms with E-state index in [1.165, 1.54) is 5.56 Å². The minimum absolute atomic E-state index is 0.0804. The summed E-state index contributed by atoms with van der Waals surface area (Å²) in [5, 5.41) is 1.78. The van der Waals surface area contributed by atoms with E-state index >= 15 is 0 Å². The molecular formula is C26H25ClN4O. The summed E-state index contributed by atoms with van der Waals surface area (Å²) < 4.78 is 2.10. The van der Waals surface area contributed by atoms with Crippen LogP contribution in [0.3, 0.4) is 0 Å². The molecule has 32 heavy (non-hydrogen) atoms. The van der Waals surface area contributed by atoms with E-state index in [1.807, 2.05) is 71.9 Å². The number of amides is 1. The fourth-order valence-corrected chi connectivity index (χ4v) is 4.57. The van der Waals surface area contributed by atoms with Gasteiger partial charge in [0.1, 0.15) is 5.69 Å². The Kier molecular flexibility index (Phi) is 5.93. The normalized spacial score (nSPS) is 14.7. The average molecular weight is 445 g/mol. The maximum absolute atomic E-state index is 13.6. The van der Waals surface area contributed by atoms with Gasteiger partial charge in [0.2, 0.25) is 0 Å². The van der Waals surface area contributed by atoms with Crippen LogP contribution >= 0.6 is 11.6 Å². The van der Waals surface area contributed by atoms with E-state index in [9.17, 15) is 4.79 Å². The molecule has 1 amide bonds. The van der Waals surface area contributed by atoms with E-state index < -0.39 is 0 Å². The summed E-state index contributed by atoms with van der Waals surface area (Å²) >= 11 is 6.44. The van der Waals surface area contributed by atoms with E-state index in [0.29, 0.717) is 17.3 Å². The maximum atomic E-state index is 13.6. The number of benzene rings is 2. The van der Waals surface area contributed by atoms with Crippen LogP contribution in [0.25, 0.3) is 10.9 Å². The number of fused-ring (bicyclic) bond motifs is 1. The van der Waals surface area contributed by atoms with Crippen molar-refractivity contribution in [3.05, 3.63) is 101 Å². The van der Waals surface area contributed by atoms with Crippen LogP contribution in [-0.4, -0.2) is 51.4 Å². The van der Waals surface area contributed by atoms with Crippen LogP contribution in [0.2, 0.25) is 5.02 Å². The topological polar surface area (TPSA) is 41.4 Å². The number of carbonyl (C=O) groups is 1. The second-order valence-corrected chi connectivity index (χ2v) is 8.60. The largest absolute Gasteiger partial charge is 0.335 e. The van der Waals surface area contributed by atoms with Crippen molar-refractivity contribution in [2.24, 2.45) is 0 Å². The molecule has 5 rings (SSSR count). The standard InChI is InChI=1S/C26H25ClN4O/c27-23-7-3-1-6-22(23)19-31-24-8-4-2-5-21(24)17-25(31)26(32)30-15-13-29(14-16-30)18-20-9-11-28-12-10-20/h1-12,17H,13-16,18-19H2. The highest BCUT2D eigenvalue weighted by molar-refractivity contribution is 6.31. The Morgan fingerprint density at radius 1 is 0.875 bits per heavy atom. The average Bonchev–Trinajstić information content (AvgIpc) is 3.20. The van der Waals surface area contributed by atoms with Gasteiger partial charge in [0.25, 0.3) is 5.91 Å². The first-order valence-electron chi connectivity index (χ1n) is 10.9. The first kappa shape index (κ1) is 20.7. The summed E-state index contributed by atoms with van der Waals surface area (Å²) in [6, 6.07) is 22.1. The van der Waals surface area contributed by atoms with Gasteiger partial charge in [0.05, 0.1) is 0 Å². The number of para-hydroxylation sites is 1. The number of hydrogen-bond donors (Lipinski definition) is 0. The van der Waals surface area contributed by atoms with Crippen LogP contribution in [0.15, 0.2) is 79.1 Å². The van der Waals surface area contributed by atoms with Crippen LogP contribution in [0.5, 0.6) is 0 Å². The molecule has 0 bridgehead atoms. The molecule has 1 saturated heterocycles. The predicted molar refractivity (Wildman–Crippen MR) is 128 cm³/mol. The quantitative estimate of drug-likeness (QED) is 0.448. The van der Waals surface area contributed by atoms with E-state index in [2.05, 4.69) is 26.6 Å². The highest BCUT2D eigenvalue weighted by Gasteiger charge is 2.25. The number of pyridine rings is 1. The van der Waals surface area contributed by atoms with Crippen LogP contribution < -0.4 is 0 Å². The van der Waals surface area contributed by atoms with E-state index in [1.54, 1.807) is 0 Å². The van der Waals surface area contributed by atoms with Gasteiger partial charge in [0.15, 0.2) is 0 Å². The summed E-state index contributed by atoms with van der Waals surface area (Å²) in [4.78, 5) is 22.0. The molecule has 0 saturated carbocycles. The lowest BCUT2D eigenvalue weighted by atomic mass is 10.2. The summed E-state index contributed by atoms with van der Waals surface area (Å²) in [7, 11) is 0. The van der Waals surface area contributed by atoms with Gasteiger partial charge >= 0.3 is 0 Å². The Balaban J connectivity index is 1.36. The SMILES string of the molecule is O=C(c1cc2ccccc2n1Cc1ccccc1Cl)N1CCN(Cc2ccncc2)CC1. The van der Waals surface area contributed by atoms with Crippen molar-refractivity contribution in [3.63, 3.8) is 0 Å². The Morgan fingerprint density at radius 2 is 1.59 bits per heavy atom. The number of aromatic nitrogens is 2. The fraction of sp³-hybridized carbons (Fsp3) is 0.231. The smallest absolute Gasteiger partial charge is 0.270 e. The number of hydrogen-bond acceptors (Lipinski definition) is 3. The van der Waals surface area contributed by atoms with Crippen LogP contribution in [-0.2, 0) is 13.1 Å². The third-order valence-corrected chi connectivity index (χ3v) is 6.50. The molecule has 6 heteroatoms. The minimum Gasteiger partial charge on any atom is -0.335 e. The zero-order valence-corrected chi connectivity index (χ0v) is 18.6. The van der Waals surface area contributed by atoms with Gasteiger partial charge in [-0.25, -0.2) is 0 Å². The van der Waals surface area contributed by atoms with E-state index in [0.717, 1.165) is 49.2 Å². The number of halogens is 1. The molecule has 4 aromatic rings. The predicted octanol–water partition coefficient (Wildman–Crippen LogP) is 4.70. The van der Waals surface area contributed by atoms with Gasteiger partial charge in [-0.15, -0.1) is 0 Å². The molecule has 2 aromatic heterocycles. The van der Waals surface area contributed by atoms with Crippen LogP contribution in [0.4, 0.5) is 0 Å². The molecule has 0 N–H and O–H groups in total. The fourth-order valence-electron chi connectivity index (χ4n) is 4.37. The second kappa shape index (κ2) is 9.15. The van der Waals surface area contributed by atoms with Crippen molar-refractivity contribution in [2.45, 2.75) is 13.1 Å². The minimum atomic E-state index is 0.0804. The Hall–Kier alpha value is -3.15. The van der Waals surface area contributed by atoms with Crippen molar-refractivity contribution in [2.75, 3.05) is 26.2 Å². The summed E-state index contributed by atoms with van der Waals surface area (Å²) in [5.74, 6) is 0.0804. The van der Waals surface area contributed by atoms with Crippen molar-refractivity contribution in [3.8, 4) is 0 Å². The molecule has 1 aliphatic rings. The monoisotopic (exact) mass is 444 g/mol. The molecule has 0 unspecified atom stereocenters. The molecular weight excluding hydrogens is 420 g/mol. The van der Waals surface area contributed by atoms with Gasteiger partial charge in [-0.3, -0.25) is 14.7 Å². The maximum Gasteiger partial charge on any atom is 0.270 e. The van der Waals surface area contributed by atoms with Crippen molar-refractivity contribution in [1.29, 1.82) is 0 Å². The summed E-state index contributed by atoms with van der Waals surface area (Å²) in [6.45, 7) is 4.61. The molecule has 1 aliphatic heterocycles. The van der Waals surface area contributed by atoms with Gasteiger partial charge < -0.3 is 9.47 Å². The number of carbonyl (C=O) groups excluding carboxylic acids is 1. The zero-order chi connectivity index (χ0) is 21.9. The van der Waals surface area contributed by atoms with Crippen molar-refractivity contribution in [1.82, 2.24) is 19.4 Å². The molecule has 0 atom stereocenters. The lowest BCUT2D eigenvalue weighted by Gasteiger charge is -2.35. The van der Waals surface area contributed by atoms with Crippen molar-refractivity contribution < 1.29 is 4.79 Å². The van der Waals surface area contributed by atoms with E-state index in [-0.39, 0.29) is 5.91 Å². The third kappa shape index (κ3) is 4.27. The van der Waals surface area contributed by atoms with Gasteiger partial charge in [-0.05, 0) is 41.5 Å². The lowest BCUT2D eigenvalue weighted by Crippen LogP contribution is -2.48. The van der Waals surface area contributed by atoms with Crippen LogP contribution in [0, 0.1) is 0 Å². The van der Waals surface area contributed by atoms with E-state index in [4.69, 9.17) is 11.6 Å². The van der Waals surface area contributed by atoms with Gasteiger partial charge in [0, 0.05) is 67.6 Å². The molecule has 162 valence electrons. The summed E-state index contributed by atoms with van der Waals surface area (Å²) in [6.07, 6.45) is 3.65. The first-order chi connectivity index (χ1) is 15.7. The zero-order valence-electron chi connectivity index (χ0n) is 17.8. The molecule has 2 aromatic carbocycles. The van der Waals surface area contributed by atoms with Crippen LogP contribution in [0.1, 0.15) is 21.6 Å². The Bertz CT molecular complexity index is 1230. The Labute approximate surface area is 192 Å². The molecule has 0 radical (unpaired) electrons. The first-order valence-corrected chi connectivity index (χ1v) is 11.3. The Morgan fingerprint density at radius 3 is 2.38 bits per heavy atom. The molecule has 5 nitrogen and oxygen atoms in total. The highest BCUT2D eigenvalue weighted by Crippen LogP contribution is 2.25.